The molecule has 4 bridgehead atoms. The van der Waals surface area contributed by atoms with Gasteiger partial charge in [0.25, 0.3) is 10.0 Å². The number of benzene rings is 3. The van der Waals surface area contributed by atoms with Gasteiger partial charge in [0.2, 0.25) is 0 Å². The summed E-state index contributed by atoms with van der Waals surface area (Å²) in [5.41, 5.74) is 0.171. The maximum Gasteiger partial charge on any atom is 0.344 e. The standard InChI is InChI=1S/C31H33NO6S/c1-32(39(35,36)28-11-6-24-4-2-3-5-25(24)15-28)26-7-9-27(10-8-26)37-20-30(34)38-19-29(33)31-16-21-12-22(17-31)14-23(13-21)18-31/h2-11,15,21-23H,12-14,16-20H2,1H3. The molecular formula is C31H33NO6S. The van der Waals surface area contributed by atoms with E-state index in [1.165, 1.54) is 30.6 Å². The van der Waals surface area contributed by atoms with E-state index >= 15 is 0 Å². The number of rotatable bonds is 9. The average Bonchev–Trinajstić information content (AvgIpc) is 2.93. The minimum Gasteiger partial charge on any atom is -0.482 e. The van der Waals surface area contributed by atoms with Gasteiger partial charge in [0.15, 0.2) is 19.0 Å². The summed E-state index contributed by atoms with van der Waals surface area (Å²) in [7, 11) is -2.27. The average molecular weight is 548 g/mol. The Balaban J connectivity index is 1.02. The first-order valence-corrected chi connectivity index (χ1v) is 15.1. The molecule has 0 heterocycles. The van der Waals surface area contributed by atoms with Crippen molar-refractivity contribution in [3.63, 3.8) is 0 Å². The van der Waals surface area contributed by atoms with Crippen LogP contribution in [0.25, 0.3) is 10.8 Å². The van der Waals surface area contributed by atoms with Crippen LogP contribution >= 0.6 is 0 Å². The largest absolute Gasteiger partial charge is 0.482 e. The molecule has 0 N–H and O–H groups in total. The first-order valence-electron chi connectivity index (χ1n) is 13.6. The van der Waals surface area contributed by atoms with Gasteiger partial charge in [-0.05, 0) is 103 Å². The molecule has 4 aliphatic carbocycles. The molecule has 0 amide bonds. The zero-order valence-corrected chi connectivity index (χ0v) is 22.9. The third-order valence-electron chi connectivity index (χ3n) is 8.93. The lowest BCUT2D eigenvalue weighted by Crippen LogP contribution is -2.51. The number of hydrogen-bond acceptors (Lipinski definition) is 6. The lowest BCUT2D eigenvalue weighted by molar-refractivity contribution is -0.158. The molecule has 0 atom stereocenters. The van der Waals surface area contributed by atoms with E-state index in [9.17, 15) is 18.0 Å². The minimum atomic E-state index is -3.77. The van der Waals surface area contributed by atoms with Gasteiger partial charge in [-0.3, -0.25) is 9.10 Å². The Labute approximate surface area is 229 Å². The number of fused-ring (bicyclic) bond motifs is 1. The Morgan fingerprint density at radius 3 is 2.10 bits per heavy atom. The summed E-state index contributed by atoms with van der Waals surface area (Å²) in [6.45, 7) is -0.510. The van der Waals surface area contributed by atoms with Crippen molar-refractivity contribution in [1.82, 2.24) is 0 Å². The van der Waals surface area contributed by atoms with Gasteiger partial charge in [0, 0.05) is 12.5 Å². The summed E-state index contributed by atoms with van der Waals surface area (Å²) >= 11 is 0. The van der Waals surface area contributed by atoms with E-state index in [4.69, 9.17) is 9.47 Å². The van der Waals surface area contributed by atoms with Crippen molar-refractivity contribution in [2.45, 2.75) is 43.4 Å². The molecule has 204 valence electrons. The van der Waals surface area contributed by atoms with Crippen LogP contribution in [0.15, 0.2) is 71.6 Å². The van der Waals surface area contributed by atoms with Crippen LogP contribution in [0.5, 0.6) is 5.75 Å². The highest BCUT2D eigenvalue weighted by atomic mass is 32.2. The van der Waals surface area contributed by atoms with Gasteiger partial charge in [-0.25, -0.2) is 13.2 Å². The first-order chi connectivity index (χ1) is 18.7. The minimum absolute atomic E-state index is 0.0648. The van der Waals surface area contributed by atoms with E-state index in [1.54, 1.807) is 42.5 Å². The fraction of sp³-hybridized carbons (Fsp3) is 0.419. The number of hydrogen-bond donors (Lipinski definition) is 0. The van der Waals surface area contributed by atoms with Crippen LogP contribution < -0.4 is 9.04 Å². The molecule has 0 saturated heterocycles. The predicted octanol–water partition coefficient (Wildman–Crippen LogP) is 5.37. The molecule has 7 rings (SSSR count). The molecule has 0 aliphatic heterocycles. The third-order valence-corrected chi connectivity index (χ3v) is 10.7. The number of nitrogens with zero attached hydrogens (tertiary/aromatic N) is 1. The number of anilines is 1. The molecule has 0 aromatic heterocycles. The van der Waals surface area contributed by atoms with Crippen LogP contribution in [0.1, 0.15) is 38.5 Å². The van der Waals surface area contributed by atoms with Crippen LogP contribution in [0.3, 0.4) is 0 Å². The number of ketones is 1. The molecule has 3 aromatic carbocycles. The molecule has 3 aromatic rings. The number of Topliss-reactive ketones (excluding diaryl/α,β-unsaturated/α-hetero) is 1. The van der Waals surface area contributed by atoms with E-state index in [0.717, 1.165) is 30.0 Å². The van der Waals surface area contributed by atoms with E-state index in [1.807, 2.05) is 24.3 Å². The highest BCUT2D eigenvalue weighted by Gasteiger charge is 2.54. The topological polar surface area (TPSA) is 90.0 Å². The lowest BCUT2D eigenvalue weighted by atomic mass is 9.48. The smallest absolute Gasteiger partial charge is 0.344 e. The highest BCUT2D eigenvalue weighted by molar-refractivity contribution is 7.92. The second-order valence-electron chi connectivity index (χ2n) is 11.5. The van der Waals surface area contributed by atoms with Crippen molar-refractivity contribution in [1.29, 1.82) is 0 Å². The monoisotopic (exact) mass is 547 g/mol. The normalized spacial score (nSPS) is 25.4. The maximum absolute atomic E-state index is 13.2. The van der Waals surface area contributed by atoms with Crippen LogP contribution in [-0.4, -0.2) is 40.4 Å². The number of carbonyl (C=O) groups excluding carboxylic acids is 2. The van der Waals surface area contributed by atoms with Crippen molar-refractivity contribution in [2.75, 3.05) is 24.6 Å². The van der Waals surface area contributed by atoms with E-state index in [0.29, 0.717) is 29.2 Å². The summed E-state index contributed by atoms with van der Waals surface area (Å²) in [6.07, 6.45) is 6.61. The SMILES string of the molecule is CN(c1ccc(OCC(=O)OCC(=O)C23CC4CC(CC(C4)C2)C3)cc1)S(=O)(=O)c1ccc2ccccc2c1. The second-order valence-corrected chi connectivity index (χ2v) is 13.5. The lowest BCUT2D eigenvalue weighted by Gasteiger charge is -2.55. The molecular weight excluding hydrogens is 514 g/mol. The van der Waals surface area contributed by atoms with Crippen molar-refractivity contribution >= 4 is 38.2 Å². The molecule has 0 radical (unpaired) electrons. The summed E-state index contributed by atoms with van der Waals surface area (Å²) in [4.78, 5) is 25.6. The van der Waals surface area contributed by atoms with Gasteiger partial charge < -0.3 is 9.47 Å². The van der Waals surface area contributed by atoms with Crippen LogP contribution in [-0.2, 0) is 24.3 Å². The Morgan fingerprint density at radius 1 is 0.846 bits per heavy atom. The van der Waals surface area contributed by atoms with E-state index in [2.05, 4.69) is 0 Å². The molecule has 39 heavy (non-hydrogen) atoms. The van der Waals surface area contributed by atoms with Crippen LogP contribution in [0.4, 0.5) is 5.69 Å². The molecule has 0 unspecified atom stereocenters. The molecule has 4 saturated carbocycles. The van der Waals surface area contributed by atoms with Crippen molar-refractivity contribution in [2.24, 2.45) is 23.2 Å². The first kappa shape index (κ1) is 25.9. The second kappa shape index (κ2) is 9.97. The van der Waals surface area contributed by atoms with Gasteiger partial charge >= 0.3 is 5.97 Å². The summed E-state index contributed by atoms with van der Waals surface area (Å²) in [5, 5.41) is 1.82. The fourth-order valence-corrected chi connectivity index (χ4v) is 8.54. The van der Waals surface area contributed by atoms with Crippen molar-refractivity contribution < 1.29 is 27.5 Å². The molecule has 8 heteroatoms. The van der Waals surface area contributed by atoms with Crippen LogP contribution in [0.2, 0.25) is 0 Å². The number of sulfonamides is 1. The fourth-order valence-electron chi connectivity index (χ4n) is 7.31. The zero-order valence-electron chi connectivity index (χ0n) is 22.0. The van der Waals surface area contributed by atoms with Gasteiger partial charge in [-0.2, -0.15) is 0 Å². The Bertz CT molecular complexity index is 1480. The molecule has 7 nitrogen and oxygen atoms in total. The van der Waals surface area contributed by atoms with Crippen molar-refractivity contribution in [3.8, 4) is 5.75 Å². The number of esters is 1. The zero-order chi connectivity index (χ0) is 27.2. The van der Waals surface area contributed by atoms with Gasteiger partial charge in [0.05, 0.1) is 10.6 Å². The Kier molecular flexibility index (Phi) is 6.61. The van der Waals surface area contributed by atoms with Gasteiger partial charge in [0.1, 0.15) is 5.75 Å². The van der Waals surface area contributed by atoms with Gasteiger partial charge in [-0.1, -0.05) is 30.3 Å². The molecule has 4 fully saturated rings. The number of carbonyl (C=O) groups is 2. The maximum atomic E-state index is 13.2. The van der Waals surface area contributed by atoms with E-state index < -0.39 is 16.0 Å². The molecule has 0 spiro atoms. The Morgan fingerprint density at radius 2 is 1.46 bits per heavy atom. The Hall–Kier alpha value is -3.39. The van der Waals surface area contributed by atoms with Crippen molar-refractivity contribution in [3.05, 3.63) is 66.7 Å². The van der Waals surface area contributed by atoms with Crippen LogP contribution in [0, 0.1) is 23.2 Å². The van der Waals surface area contributed by atoms with E-state index in [-0.39, 0.29) is 29.3 Å². The third kappa shape index (κ3) is 5.02. The summed E-state index contributed by atoms with van der Waals surface area (Å²) in [6, 6.07) is 19.1. The summed E-state index contributed by atoms with van der Waals surface area (Å²) < 4.78 is 38.5. The highest BCUT2D eigenvalue weighted by Crippen LogP contribution is 2.60. The summed E-state index contributed by atoms with van der Waals surface area (Å²) in [5.74, 6) is 1.85. The molecule has 4 aliphatic rings. The number of ether oxygens (including phenoxy) is 2. The van der Waals surface area contributed by atoms with Gasteiger partial charge in [-0.15, -0.1) is 0 Å². The quantitative estimate of drug-likeness (QED) is 0.335. The predicted molar refractivity (Wildman–Crippen MR) is 148 cm³/mol.